The highest BCUT2D eigenvalue weighted by atomic mass is 16.5. The van der Waals surface area contributed by atoms with Crippen molar-refractivity contribution in [2.24, 2.45) is 4.99 Å². The molecule has 0 fully saturated rings. The Hall–Kier alpha value is -3.22. The number of guanidine groups is 1. The molecule has 0 heterocycles. The lowest BCUT2D eigenvalue weighted by Gasteiger charge is -2.13. The van der Waals surface area contributed by atoms with Crippen LogP contribution in [0, 0.1) is 0 Å². The Morgan fingerprint density at radius 3 is 2.32 bits per heavy atom. The molecule has 2 aromatic carbocycles. The van der Waals surface area contributed by atoms with Crippen molar-refractivity contribution in [3.05, 3.63) is 53.6 Å². The van der Waals surface area contributed by atoms with Crippen molar-refractivity contribution in [3.8, 4) is 11.5 Å². The SMILES string of the molecule is CCOc1cc(CCCNC(=NC)NCCc2ccc(NC(C)=O)cc2)ccc1OC. The van der Waals surface area contributed by atoms with Crippen LogP contribution in [-0.4, -0.2) is 45.7 Å². The molecule has 0 saturated heterocycles. The van der Waals surface area contributed by atoms with E-state index in [1.807, 2.05) is 43.3 Å². The third-order valence-electron chi connectivity index (χ3n) is 4.67. The van der Waals surface area contributed by atoms with Crippen LogP contribution in [0.5, 0.6) is 11.5 Å². The van der Waals surface area contributed by atoms with Gasteiger partial charge in [0.1, 0.15) is 0 Å². The number of hydrogen-bond donors (Lipinski definition) is 3. The third kappa shape index (κ3) is 8.58. The fraction of sp³-hybridized carbons (Fsp3) is 0.417. The Balaban J connectivity index is 1.70. The zero-order chi connectivity index (χ0) is 22.5. The molecule has 0 radical (unpaired) electrons. The zero-order valence-corrected chi connectivity index (χ0v) is 19.0. The molecule has 7 nitrogen and oxygen atoms in total. The average molecular weight is 427 g/mol. The highest BCUT2D eigenvalue weighted by Crippen LogP contribution is 2.28. The summed E-state index contributed by atoms with van der Waals surface area (Å²) in [5, 5.41) is 9.47. The van der Waals surface area contributed by atoms with Crippen molar-refractivity contribution in [3.63, 3.8) is 0 Å². The van der Waals surface area contributed by atoms with Crippen molar-refractivity contribution >= 4 is 17.6 Å². The number of aliphatic imine (C=N–C) groups is 1. The fourth-order valence-corrected chi connectivity index (χ4v) is 3.15. The summed E-state index contributed by atoms with van der Waals surface area (Å²) in [6.45, 7) is 5.68. The van der Waals surface area contributed by atoms with Gasteiger partial charge in [0.2, 0.25) is 5.91 Å². The van der Waals surface area contributed by atoms with E-state index in [4.69, 9.17) is 9.47 Å². The highest BCUT2D eigenvalue weighted by Gasteiger charge is 2.05. The number of nitrogens with one attached hydrogen (secondary N) is 3. The van der Waals surface area contributed by atoms with Crippen LogP contribution < -0.4 is 25.4 Å². The molecule has 0 unspecified atom stereocenters. The van der Waals surface area contributed by atoms with Gasteiger partial charge in [0.25, 0.3) is 0 Å². The predicted molar refractivity (Wildman–Crippen MR) is 126 cm³/mol. The van der Waals surface area contributed by atoms with Gasteiger partial charge in [0.05, 0.1) is 13.7 Å². The lowest BCUT2D eigenvalue weighted by atomic mass is 10.1. The molecule has 0 spiro atoms. The molecule has 0 aromatic heterocycles. The van der Waals surface area contributed by atoms with Crippen LogP contribution in [0.25, 0.3) is 0 Å². The van der Waals surface area contributed by atoms with E-state index >= 15 is 0 Å². The smallest absolute Gasteiger partial charge is 0.221 e. The predicted octanol–water partition coefficient (Wildman–Crippen LogP) is 3.39. The van der Waals surface area contributed by atoms with E-state index in [1.54, 1.807) is 14.2 Å². The molecule has 168 valence electrons. The summed E-state index contributed by atoms with van der Waals surface area (Å²) in [7, 11) is 3.43. The molecule has 2 aromatic rings. The van der Waals surface area contributed by atoms with Gasteiger partial charge in [-0.1, -0.05) is 18.2 Å². The Morgan fingerprint density at radius 2 is 1.68 bits per heavy atom. The van der Waals surface area contributed by atoms with Crippen LogP contribution in [0.1, 0.15) is 31.4 Å². The first kappa shape index (κ1) is 24.1. The second-order valence-corrected chi connectivity index (χ2v) is 7.08. The van der Waals surface area contributed by atoms with Gasteiger partial charge in [0.15, 0.2) is 17.5 Å². The number of ether oxygens (including phenoxy) is 2. The molecule has 3 N–H and O–H groups in total. The van der Waals surface area contributed by atoms with E-state index < -0.39 is 0 Å². The summed E-state index contributed by atoms with van der Waals surface area (Å²) in [4.78, 5) is 15.4. The van der Waals surface area contributed by atoms with Gasteiger partial charge in [-0.15, -0.1) is 0 Å². The average Bonchev–Trinajstić information content (AvgIpc) is 2.76. The fourth-order valence-electron chi connectivity index (χ4n) is 3.15. The molecular formula is C24H34N4O3. The number of anilines is 1. The molecule has 0 bridgehead atoms. The van der Waals surface area contributed by atoms with E-state index in [2.05, 4.69) is 27.0 Å². The number of amides is 1. The Labute approximate surface area is 185 Å². The van der Waals surface area contributed by atoms with Crippen LogP contribution in [0.15, 0.2) is 47.5 Å². The highest BCUT2D eigenvalue weighted by molar-refractivity contribution is 5.88. The number of rotatable bonds is 11. The molecule has 0 aliphatic heterocycles. The summed E-state index contributed by atoms with van der Waals surface area (Å²) in [5.74, 6) is 2.28. The normalized spacial score (nSPS) is 11.0. The second kappa shape index (κ2) is 13.2. The van der Waals surface area contributed by atoms with E-state index in [9.17, 15) is 4.79 Å². The van der Waals surface area contributed by atoms with Gasteiger partial charge in [-0.25, -0.2) is 0 Å². The number of methoxy groups -OCH3 is 1. The number of nitrogens with zero attached hydrogens (tertiary/aromatic N) is 1. The summed E-state index contributed by atoms with van der Waals surface area (Å²) in [5.41, 5.74) is 3.23. The number of carbonyl (C=O) groups excluding carboxylic acids is 1. The molecule has 0 atom stereocenters. The molecule has 0 aliphatic carbocycles. The second-order valence-electron chi connectivity index (χ2n) is 7.08. The standard InChI is InChI=1S/C24H34N4O3/c1-5-31-23-17-20(10-13-22(23)30-4)7-6-15-26-24(25-3)27-16-14-19-8-11-21(12-9-19)28-18(2)29/h8-13,17H,5-7,14-16H2,1-4H3,(H,28,29)(H2,25,26,27). The topological polar surface area (TPSA) is 84.0 Å². The van der Waals surface area contributed by atoms with Gasteiger partial charge in [-0.2, -0.15) is 0 Å². The maximum absolute atomic E-state index is 11.1. The van der Waals surface area contributed by atoms with E-state index in [0.29, 0.717) is 6.61 Å². The maximum Gasteiger partial charge on any atom is 0.221 e. The molecule has 7 heteroatoms. The van der Waals surface area contributed by atoms with Crippen LogP contribution in [0.3, 0.4) is 0 Å². The van der Waals surface area contributed by atoms with E-state index in [-0.39, 0.29) is 5.91 Å². The maximum atomic E-state index is 11.1. The van der Waals surface area contributed by atoms with Crippen molar-refractivity contribution in [1.29, 1.82) is 0 Å². The van der Waals surface area contributed by atoms with Crippen LogP contribution in [0.4, 0.5) is 5.69 Å². The summed E-state index contributed by atoms with van der Waals surface area (Å²) in [6.07, 6.45) is 2.78. The first-order valence-electron chi connectivity index (χ1n) is 10.7. The summed E-state index contributed by atoms with van der Waals surface area (Å²) >= 11 is 0. The minimum absolute atomic E-state index is 0.0639. The number of hydrogen-bond acceptors (Lipinski definition) is 4. The van der Waals surface area contributed by atoms with Crippen molar-refractivity contribution in [2.45, 2.75) is 33.1 Å². The van der Waals surface area contributed by atoms with Crippen molar-refractivity contribution in [1.82, 2.24) is 10.6 Å². The summed E-state index contributed by atoms with van der Waals surface area (Å²) < 4.78 is 11.0. The zero-order valence-electron chi connectivity index (χ0n) is 19.0. The van der Waals surface area contributed by atoms with Gasteiger partial charge >= 0.3 is 0 Å². The van der Waals surface area contributed by atoms with Gasteiger partial charge in [0, 0.05) is 32.7 Å². The summed E-state index contributed by atoms with van der Waals surface area (Å²) in [6, 6.07) is 14.0. The molecule has 0 aliphatic rings. The first-order valence-corrected chi connectivity index (χ1v) is 10.7. The minimum atomic E-state index is -0.0639. The van der Waals surface area contributed by atoms with Gasteiger partial charge < -0.3 is 25.4 Å². The van der Waals surface area contributed by atoms with Gasteiger partial charge in [-0.3, -0.25) is 9.79 Å². The van der Waals surface area contributed by atoms with Crippen molar-refractivity contribution in [2.75, 3.05) is 39.2 Å². The molecule has 2 rings (SSSR count). The quantitative estimate of drug-likeness (QED) is 0.291. The lowest BCUT2D eigenvalue weighted by Crippen LogP contribution is -2.38. The van der Waals surface area contributed by atoms with Crippen molar-refractivity contribution < 1.29 is 14.3 Å². The van der Waals surface area contributed by atoms with Crippen LogP contribution in [0.2, 0.25) is 0 Å². The number of aryl methyl sites for hydroxylation is 1. The van der Waals surface area contributed by atoms with Crippen LogP contribution in [-0.2, 0) is 17.6 Å². The Morgan fingerprint density at radius 1 is 0.968 bits per heavy atom. The molecule has 1 amide bonds. The first-order chi connectivity index (χ1) is 15.0. The van der Waals surface area contributed by atoms with E-state index in [0.717, 1.165) is 55.5 Å². The monoisotopic (exact) mass is 426 g/mol. The molecule has 31 heavy (non-hydrogen) atoms. The largest absolute Gasteiger partial charge is 0.493 e. The van der Waals surface area contributed by atoms with Crippen LogP contribution >= 0.6 is 0 Å². The number of carbonyl (C=O) groups is 1. The van der Waals surface area contributed by atoms with Gasteiger partial charge in [-0.05, 0) is 61.6 Å². The Bertz CT molecular complexity index is 850. The Kier molecular flexibility index (Phi) is 10.2. The number of benzene rings is 2. The molecule has 0 saturated carbocycles. The van der Waals surface area contributed by atoms with E-state index in [1.165, 1.54) is 18.1 Å². The third-order valence-corrected chi connectivity index (χ3v) is 4.67. The molecular weight excluding hydrogens is 392 g/mol. The minimum Gasteiger partial charge on any atom is -0.493 e. The lowest BCUT2D eigenvalue weighted by molar-refractivity contribution is -0.114.